The molecule has 3 rings (SSSR count). The van der Waals surface area contributed by atoms with E-state index in [1.165, 1.54) is 7.11 Å². The van der Waals surface area contributed by atoms with Gasteiger partial charge in [0.15, 0.2) is 37.9 Å². The van der Waals surface area contributed by atoms with Gasteiger partial charge in [0.2, 0.25) is 0 Å². The Morgan fingerprint density at radius 1 is 0.788 bits per heavy atom. The lowest BCUT2D eigenvalue weighted by atomic mass is 10.2. The molecule has 0 saturated heterocycles. The number of nitrogens with zero attached hydrogens (tertiary/aromatic N) is 4. The van der Waals surface area contributed by atoms with Crippen LogP contribution in [-0.4, -0.2) is 19.5 Å². The number of benzene rings is 1. The van der Waals surface area contributed by atoms with Gasteiger partial charge in [-0.2, -0.15) is 0 Å². The number of hydrogen-bond acceptors (Lipinski definition) is 4. The fourth-order valence-electron chi connectivity index (χ4n) is 2.83. The van der Waals surface area contributed by atoms with E-state index >= 15 is 0 Å². The fourth-order valence-corrected chi connectivity index (χ4v) is 3.33. The molecule has 2 aromatic heterocycles. The van der Waals surface area contributed by atoms with Gasteiger partial charge in [-0.05, 0) is 12.1 Å². The van der Waals surface area contributed by atoms with Crippen molar-refractivity contribution in [1.29, 1.82) is 0 Å². The number of pyridine rings is 2. The van der Waals surface area contributed by atoms with Crippen molar-refractivity contribution < 1.29 is 52.8 Å². The van der Waals surface area contributed by atoms with Crippen molar-refractivity contribution in [3.63, 3.8) is 0 Å². The van der Waals surface area contributed by atoms with Gasteiger partial charge in [-0.3, -0.25) is 0 Å². The molecule has 6 nitrogen and oxygen atoms in total. The normalized spacial score (nSPS) is 10.6. The molecule has 0 spiro atoms. The van der Waals surface area contributed by atoms with Crippen LogP contribution < -0.4 is 43.1 Å². The first-order valence-electron chi connectivity index (χ1n) is 9.78. The van der Waals surface area contributed by atoms with E-state index in [9.17, 15) is 0 Å². The summed E-state index contributed by atoms with van der Waals surface area (Å²) in [5, 5.41) is 8.90. The molecule has 0 aliphatic heterocycles. The zero-order chi connectivity index (χ0) is 21.9. The standard InChI is InChI=1S/C23H24Cl2N4O2.2BrH/c1-30-26-16-19-6-12-28(13-7-19)10-3-11-29-14-8-20(9-15-29)17-27-31-18-21-22(24)4-2-5-23(21)25;;/h2,4-9,12-17H,3,10-11,18H2,1H3;2*1H/q+2;;/p-2/b26-16+,27-17+;;. The van der Waals surface area contributed by atoms with E-state index in [4.69, 9.17) is 28.0 Å². The number of hydrogen-bond donors (Lipinski definition) is 0. The van der Waals surface area contributed by atoms with Crippen molar-refractivity contribution >= 4 is 35.6 Å². The van der Waals surface area contributed by atoms with Crippen molar-refractivity contribution in [1.82, 2.24) is 0 Å². The van der Waals surface area contributed by atoms with Crippen LogP contribution in [0, 0.1) is 0 Å². The van der Waals surface area contributed by atoms with Crippen molar-refractivity contribution in [2.45, 2.75) is 26.1 Å². The quantitative estimate of drug-likeness (QED) is 0.153. The number of oxime groups is 2. The minimum absolute atomic E-state index is 0. The van der Waals surface area contributed by atoms with Gasteiger partial charge in [0.25, 0.3) is 0 Å². The minimum Gasteiger partial charge on any atom is -1.00 e. The van der Waals surface area contributed by atoms with Crippen LogP contribution in [0.25, 0.3) is 0 Å². The lowest BCUT2D eigenvalue weighted by Crippen LogP contribution is -3.00. The highest BCUT2D eigenvalue weighted by atomic mass is 79.9. The van der Waals surface area contributed by atoms with Crippen LogP contribution >= 0.6 is 23.2 Å². The SMILES string of the molecule is CO/N=C/c1cc[n+](CCC[n+]2ccc(/C=N/OCc3c(Cl)cccc3Cl)cc2)cc1.[Br-].[Br-]. The van der Waals surface area contributed by atoms with Crippen LogP contribution in [0.1, 0.15) is 23.1 Å². The molecule has 176 valence electrons. The predicted octanol–water partition coefficient (Wildman–Crippen LogP) is -1.80. The first-order valence-corrected chi connectivity index (χ1v) is 10.5. The molecule has 0 bridgehead atoms. The van der Waals surface area contributed by atoms with Crippen LogP contribution in [0.4, 0.5) is 0 Å². The van der Waals surface area contributed by atoms with E-state index in [2.05, 4.69) is 24.3 Å². The van der Waals surface area contributed by atoms with Crippen molar-refractivity contribution in [2.24, 2.45) is 10.3 Å². The molecule has 0 atom stereocenters. The fraction of sp³-hybridized carbons (Fsp3) is 0.217. The Morgan fingerprint density at radius 3 is 1.76 bits per heavy atom. The number of aryl methyl sites for hydroxylation is 2. The molecule has 3 aromatic rings. The minimum atomic E-state index is 0. The Labute approximate surface area is 225 Å². The molecular formula is C23H24Br2Cl2N4O2. The Morgan fingerprint density at radius 2 is 1.27 bits per heavy atom. The summed E-state index contributed by atoms with van der Waals surface area (Å²) < 4.78 is 4.29. The summed E-state index contributed by atoms with van der Waals surface area (Å²) >= 11 is 12.2. The summed E-state index contributed by atoms with van der Waals surface area (Å²) in [7, 11) is 1.53. The third kappa shape index (κ3) is 9.80. The van der Waals surface area contributed by atoms with Crippen molar-refractivity contribution in [3.05, 3.63) is 94.0 Å². The van der Waals surface area contributed by atoms with Gasteiger partial charge in [0, 0.05) is 51.0 Å². The molecule has 33 heavy (non-hydrogen) atoms. The van der Waals surface area contributed by atoms with Gasteiger partial charge in [-0.1, -0.05) is 39.6 Å². The molecule has 0 unspecified atom stereocenters. The predicted molar refractivity (Wildman–Crippen MR) is 121 cm³/mol. The molecule has 10 heteroatoms. The van der Waals surface area contributed by atoms with E-state index in [0.717, 1.165) is 36.2 Å². The maximum atomic E-state index is 6.12. The van der Waals surface area contributed by atoms with Crippen LogP contribution in [0.3, 0.4) is 0 Å². The van der Waals surface area contributed by atoms with Crippen LogP contribution in [-0.2, 0) is 29.4 Å². The number of rotatable bonds is 10. The summed E-state index contributed by atoms with van der Waals surface area (Å²) in [4.78, 5) is 10.0. The largest absolute Gasteiger partial charge is 1.00 e. The third-order valence-electron chi connectivity index (χ3n) is 4.52. The molecule has 0 aliphatic carbocycles. The molecule has 0 radical (unpaired) electrons. The molecule has 0 amide bonds. The van der Waals surface area contributed by atoms with Gasteiger partial charge in [-0.25, -0.2) is 9.13 Å². The summed E-state index contributed by atoms with van der Waals surface area (Å²) in [5.74, 6) is 0. The molecule has 0 aliphatic rings. The zero-order valence-electron chi connectivity index (χ0n) is 18.0. The highest BCUT2D eigenvalue weighted by Gasteiger charge is 2.06. The number of aromatic nitrogens is 2. The van der Waals surface area contributed by atoms with E-state index in [0.29, 0.717) is 10.0 Å². The highest BCUT2D eigenvalue weighted by Crippen LogP contribution is 2.24. The Hall–Kier alpha value is -2.00. The Bertz CT molecular complexity index is 1010. The van der Waals surface area contributed by atoms with Gasteiger partial charge >= 0.3 is 0 Å². The summed E-state index contributed by atoms with van der Waals surface area (Å²) in [6.07, 6.45) is 12.5. The molecular weight excluding hydrogens is 595 g/mol. The molecule has 0 N–H and O–H groups in total. The van der Waals surface area contributed by atoms with E-state index < -0.39 is 0 Å². The van der Waals surface area contributed by atoms with Gasteiger partial charge < -0.3 is 43.6 Å². The second-order valence-corrected chi connectivity index (χ2v) is 7.53. The lowest BCUT2D eigenvalue weighted by Gasteiger charge is -2.04. The average molecular weight is 619 g/mol. The van der Waals surface area contributed by atoms with E-state index in [1.807, 2.05) is 49.1 Å². The van der Waals surface area contributed by atoms with Crippen LogP contribution in [0.2, 0.25) is 10.0 Å². The van der Waals surface area contributed by atoms with E-state index in [-0.39, 0.29) is 40.6 Å². The summed E-state index contributed by atoms with van der Waals surface area (Å²) in [6.45, 7) is 2.06. The van der Waals surface area contributed by atoms with Crippen molar-refractivity contribution in [2.75, 3.05) is 7.11 Å². The second-order valence-electron chi connectivity index (χ2n) is 6.72. The average Bonchev–Trinajstić information content (AvgIpc) is 2.79. The van der Waals surface area contributed by atoms with Gasteiger partial charge in [0.05, 0.1) is 18.9 Å². The monoisotopic (exact) mass is 616 g/mol. The van der Waals surface area contributed by atoms with Gasteiger partial charge in [0.1, 0.15) is 13.7 Å². The third-order valence-corrected chi connectivity index (χ3v) is 5.23. The maximum Gasteiger partial charge on any atom is 0.169 e. The molecule has 0 fully saturated rings. The smallest absolute Gasteiger partial charge is 0.169 e. The summed E-state index contributed by atoms with van der Waals surface area (Å²) in [6, 6.07) is 13.3. The highest BCUT2D eigenvalue weighted by molar-refractivity contribution is 6.35. The lowest BCUT2D eigenvalue weighted by molar-refractivity contribution is -0.726. The Balaban J connectivity index is 0.00000272. The molecule has 2 heterocycles. The first kappa shape index (κ1) is 29.0. The Kier molecular flexibility index (Phi) is 13.9. The van der Waals surface area contributed by atoms with E-state index in [1.54, 1.807) is 30.6 Å². The topological polar surface area (TPSA) is 50.9 Å². The van der Waals surface area contributed by atoms with Crippen LogP contribution in [0.5, 0.6) is 0 Å². The number of halogens is 4. The molecule has 0 saturated carbocycles. The van der Waals surface area contributed by atoms with Crippen molar-refractivity contribution in [3.8, 4) is 0 Å². The molecule has 1 aromatic carbocycles. The summed E-state index contributed by atoms with van der Waals surface area (Å²) in [5.41, 5.74) is 2.68. The zero-order valence-corrected chi connectivity index (χ0v) is 22.6. The second kappa shape index (κ2) is 15.8. The first-order chi connectivity index (χ1) is 15.2. The van der Waals surface area contributed by atoms with Gasteiger partial charge in [-0.15, -0.1) is 0 Å². The maximum absolute atomic E-state index is 6.12. The van der Waals surface area contributed by atoms with Crippen LogP contribution in [0.15, 0.2) is 77.6 Å².